The van der Waals surface area contributed by atoms with Gasteiger partial charge in [-0.1, -0.05) is 20.8 Å². The number of nitrogen functional groups attached to an aromatic ring is 1. The first-order valence-electron chi connectivity index (χ1n) is 8.18. The topological polar surface area (TPSA) is 61.0 Å². The molecule has 1 aliphatic carbocycles. The van der Waals surface area contributed by atoms with E-state index in [1.165, 1.54) is 0 Å². The molecule has 4 heteroatoms. The monoisotopic (exact) mass is 291 g/mol. The molecule has 0 aromatic carbocycles. The molecule has 0 radical (unpaired) electrons. The van der Waals surface area contributed by atoms with Crippen molar-refractivity contribution in [3.63, 3.8) is 0 Å². The van der Waals surface area contributed by atoms with Gasteiger partial charge in [0.25, 0.3) is 0 Å². The van der Waals surface area contributed by atoms with Crippen molar-refractivity contribution in [3.8, 4) is 0 Å². The Morgan fingerprint density at radius 2 is 1.90 bits per heavy atom. The largest absolute Gasteiger partial charge is 0.383 e. The highest BCUT2D eigenvalue weighted by atomic mass is 16.5. The molecule has 4 nitrogen and oxygen atoms in total. The normalized spacial score (nSPS) is 26.3. The third-order valence-electron chi connectivity index (χ3n) is 4.65. The van der Waals surface area contributed by atoms with Gasteiger partial charge in [-0.25, -0.2) is 9.97 Å². The van der Waals surface area contributed by atoms with Crippen molar-refractivity contribution in [1.82, 2.24) is 9.97 Å². The van der Waals surface area contributed by atoms with Gasteiger partial charge in [0, 0.05) is 17.9 Å². The maximum absolute atomic E-state index is 6.21. The van der Waals surface area contributed by atoms with Crippen LogP contribution in [0.5, 0.6) is 0 Å². The fourth-order valence-electron chi connectivity index (χ4n) is 3.46. The van der Waals surface area contributed by atoms with Crippen LogP contribution in [0.4, 0.5) is 5.82 Å². The Balaban J connectivity index is 2.42. The van der Waals surface area contributed by atoms with Gasteiger partial charge in [-0.3, -0.25) is 0 Å². The molecular formula is C17H29N3O. The van der Waals surface area contributed by atoms with Gasteiger partial charge in [0.05, 0.1) is 0 Å². The van der Waals surface area contributed by atoms with Crippen LogP contribution in [0.1, 0.15) is 76.4 Å². The molecule has 2 N–H and O–H groups in total. The molecule has 1 saturated carbocycles. The van der Waals surface area contributed by atoms with Crippen LogP contribution in [0.3, 0.4) is 0 Å². The first-order valence-corrected chi connectivity index (χ1v) is 8.18. The minimum absolute atomic E-state index is 0.338. The molecule has 2 rings (SSSR count). The number of hydrogen-bond acceptors (Lipinski definition) is 4. The quantitative estimate of drug-likeness (QED) is 0.913. The fourth-order valence-corrected chi connectivity index (χ4v) is 3.46. The van der Waals surface area contributed by atoms with E-state index in [1.54, 1.807) is 0 Å². The number of nitrogens with two attached hydrogens (primary N) is 1. The van der Waals surface area contributed by atoms with Gasteiger partial charge in [-0.15, -0.1) is 0 Å². The molecule has 118 valence electrons. The summed E-state index contributed by atoms with van der Waals surface area (Å²) in [5, 5.41) is 0. The maximum atomic E-state index is 6.21. The number of rotatable bonds is 4. The first-order chi connectivity index (χ1) is 9.89. The highest BCUT2D eigenvalue weighted by molar-refractivity contribution is 5.44. The van der Waals surface area contributed by atoms with Crippen molar-refractivity contribution in [1.29, 1.82) is 0 Å². The fraction of sp³-hybridized carbons (Fsp3) is 0.765. The van der Waals surface area contributed by atoms with E-state index in [9.17, 15) is 0 Å². The molecule has 1 aromatic heterocycles. The van der Waals surface area contributed by atoms with Crippen LogP contribution in [0.2, 0.25) is 0 Å². The maximum Gasteiger partial charge on any atom is 0.162 e. The van der Waals surface area contributed by atoms with Crippen molar-refractivity contribution in [2.75, 3.05) is 12.3 Å². The zero-order chi connectivity index (χ0) is 15.6. The molecule has 0 bridgehead atoms. The second kappa shape index (κ2) is 6.30. The lowest BCUT2D eigenvalue weighted by Crippen LogP contribution is -2.37. The molecule has 0 saturated heterocycles. The van der Waals surface area contributed by atoms with E-state index >= 15 is 0 Å². The summed E-state index contributed by atoms with van der Waals surface area (Å²) in [7, 11) is 0. The Morgan fingerprint density at radius 3 is 2.38 bits per heavy atom. The minimum atomic E-state index is -0.338. The molecule has 1 aliphatic rings. The van der Waals surface area contributed by atoms with E-state index in [-0.39, 0.29) is 5.60 Å². The summed E-state index contributed by atoms with van der Waals surface area (Å²) in [4.78, 5) is 9.41. The van der Waals surface area contributed by atoms with Crippen LogP contribution >= 0.6 is 0 Å². The Bertz CT molecular complexity index is 468. The molecule has 0 aliphatic heterocycles. The molecule has 1 aromatic rings. The van der Waals surface area contributed by atoms with Gasteiger partial charge >= 0.3 is 0 Å². The van der Waals surface area contributed by atoms with E-state index in [4.69, 9.17) is 15.5 Å². The van der Waals surface area contributed by atoms with Crippen LogP contribution in [-0.4, -0.2) is 16.6 Å². The van der Waals surface area contributed by atoms with Crippen LogP contribution in [0.15, 0.2) is 0 Å². The zero-order valence-corrected chi connectivity index (χ0v) is 14.1. The molecule has 21 heavy (non-hydrogen) atoms. The molecule has 1 heterocycles. The van der Waals surface area contributed by atoms with Crippen LogP contribution in [0, 0.1) is 12.8 Å². The Kier molecular flexibility index (Phi) is 4.87. The number of aromatic nitrogens is 2. The second-order valence-corrected chi connectivity index (χ2v) is 6.70. The summed E-state index contributed by atoms with van der Waals surface area (Å²) in [5.74, 6) is 2.50. The van der Waals surface area contributed by atoms with E-state index < -0.39 is 0 Å². The van der Waals surface area contributed by atoms with Gasteiger partial charge in [-0.05, 0) is 51.4 Å². The Labute approximate surface area is 128 Å². The van der Waals surface area contributed by atoms with Gasteiger partial charge in [-0.2, -0.15) is 0 Å². The summed E-state index contributed by atoms with van der Waals surface area (Å²) < 4.78 is 6.13. The molecule has 0 spiro atoms. The number of hydrogen-bond donors (Lipinski definition) is 1. The first kappa shape index (κ1) is 16.2. The minimum Gasteiger partial charge on any atom is -0.383 e. The van der Waals surface area contributed by atoms with Gasteiger partial charge in [0.1, 0.15) is 11.4 Å². The van der Waals surface area contributed by atoms with E-state index in [1.807, 2.05) is 13.8 Å². The van der Waals surface area contributed by atoms with Crippen molar-refractivity contribution >= 4 is 5.82 Å². The summed E-state index contributed by atoms with van der Waals surface area (Å²) >= 11 is 0. The molecule has 0 amide bonds. The van der Waals surface area contributed by atoms with Crippen molar-refractivity contribution in [2.45, 2.75) is 71.8 Å². The van der Waals surface area contributed by atoms with Gasteiger partial charge in [0.15, 0.2) is 5.82 Å². The number of ether oxygens (including phenoxy) is 1. The number of anilines is 1. The standard InChI is InChI=1S/C17H29N3O/c1-6-21-17(9-7-12(4)8-10-17)16-19-13(5)14(11(2)3)15(18)20-16/h11-12H,6-10H2,1-5H3,(H2,18,19,20). The molecule has 1 fully saturated rings. The molecular weight excluding hydrogens is 262 g/mol. The van der Waals surface area contributed by atoms with Crippen LogP contribution in [-0.2, 0) is 10.3 Å². The predicted octanol–water partition coefficient (Wildman–Crippen LogP) is 3.93. The highest BCUT2D eigenvalue weighted by Gasteiger charge is 2.39. The van der Waals surface area contributed by atoms with Gasteiger partial charge in [0.2, 0.25) is 0 Å². The number of aryl methyl sites for hydroxylation is 1. The highest BCUT2D eigenvalue weighted by Crippen LogP contribution is 2.42. The van der Waals surface area contributed by atoms with E-state index in [2.05, 4.69) is 25.8 Å². The summed E-state index contributed by atoms with van der Waals surface area (Å²) in [6.45, 7) is 11.3. The van der Waals surface area contributed by atoms with E-state index in [0.717, 1.165) is 48.7 Å². The lowest BCUT2D eigenvalue weighted by Gasteiger charge is -2.38. The Morgan fingerprint density at radius 1 is 1.29 bits per heavy atom. The average Bonchev–Trinajstić information content (AvgIpc) is 2.40. The number of nitrogens with zero attached hydrogens (tertiary/aromatic N) is 2. The summed E-state index contributed by atoms with van der Waals surface area (Å²) in [6, 6.07) is 0. The predicted molar refractivity (Wildman–Crippen MR) is 86.2 cm³/mol. The van der Waals surface area contributed by atoms with Crippen LogP contribution < -0.4 is 5.73 Å². The second-order valence-electron chi connectivity index (χ2n) is 6.70. The Hall–Kier alpha value is -1.16. The SMILES string of the molecule is CCOC1(c2nc(C)c(C(C)C)c(N)n2)CCC(C)CC1. The smallest absolute Gasteiger partial charge is 0.162 e. The van der Waals surface area contributed by atoms with E-state index in [0.29, 0.717) is 18.3 Å². The summed E-state index contributed by atoms with van der Waals surface area (Å²) in [5.41, 5.74) is 7.92. The van der Waals surface area contributed by atoms with Gasteiger partial charge < -0.3 is 10.5 Å². The van der Waals surface area contributed by atoms with Crippen molar-refractivity contribution < 1.29 is 4.74 Å². The third kappa shape index (κ3) is 3.20. The molecule has 0 atom stereocenters. The summed E-state index contributed by atoms with van der Waals surface area (Å²) in [6.07, 6.45) is 4.30. The average molecular weight is 291 g/mol. The van der Waals surface area contributed by atoms with Crippen LogP contribution in [0.25, 0.3) is 0 Å². The lowest BCUT2D eigenvalue weighted by atomic mass is 9.78. The van der Waals surface area contributed by atoms with Crippen molar-refractivity contribution in [3.05, 3.63) is 17.1 Å². The third-order valence-corrected chi connectivity index (χ3v) is 4.65. The lowest BCUT2D eigenvalue weighted by molar-refractivity contribution is -0.0837. The molecule has 0 unspecified atom stereocenters. The van der Waals surface area contributed by atoms with Crippen molar-refractivity contribution in [2.24, 2.45) is 5.92 Å². The zero-order valence-electron chi connectivity index (χ0n) is 14.1.